The Labute approximate surface area is 164 Å². The van der Waals surface area contributed by atoms with Crippen LogP contribution in [0.2, 0.25) is 0 Å². The zero-order chi connectivity index (χ0) is 18.6. The highest BCUT2D eigenvalue weighted by molar-refractivity contribution is 7.99. The Kier molecular flexibility index (Phi) is 5.30. The van der Waals surface area contributed by atoms with Gasteiger partial charge in [0.2, 0.25) is 5.91 Å². The zero-order valence-corrected chi connectivity index (χ0v) is 16.3. The summed E-state index contributed by atoms with van der Waals surface area (Å²) in [4.78, 5) is 19.1. The number of carbonyl (C=O) groups is 1. The number of hydrogen-bond acceptors (Lipinski definition) is 3. The predicted molar refractivity (Wildman–Crippen MR) is 110 cm³/mol. The topological polar surface area (TPSA) is 38.1 Å². The summed E-state index contributed by atoms with van der Waals surface area (Å²) < 4.78 is 2.17. The van der Waals surface area contributed by atoms with Crippen LogP contribution in [0.5, 0.6) is 0 Å². The maximum Gasteiger partial charge on any atom is 0.233 e. The van der Waals surface area contributed by atoms with Crippen molar-refractivity contribution in [1.82, 2.24) is 14.5 Å². The fraction of sp³-hybridized carbons (Fsp3) is 0.273. The second-order valence-corrected chi connectivity index (χ2v) is 7.73. The molecular weight excluding hydrogens is 354 g/mol. The molecule has 1 aliphatic rings. The van der Waals surface area contributed by atoms with Crippen molar-refractivity contribution in [2.45, 2.75) is 24.9 Å². The summed E-state index contributed by atoms with van der Waals surface area (Å²) in [5.74, 6) is 0.634. The Hall–Kier alpha value is -2.53. The van der Waals surface area contributed by atoms with Gasteiger partial charge in [0, 0.05) is 18.7 Å². The molecule has 2 aromatic carbocycles. The van der Waals surface area contributed by atoms with Gasteiger partial charge in [-0.2, -0.15) is 0 Å². The third kappa shape index (κ3) is 3.78. The van der Waals surface area contributed by atoms with Crippen LogP contribution < -0.4 is 0 Å². The molecule has 1 fully saturated rings. The molecular formula is C22H23N3OS. The van der Waals surface area contributed by atoms with E-state index in [2.05, 4.69) is 40.7 Å². The van der Waals surface area contributed by atoms with E-state index in [1.165, 1.54) is 17.3 Å². The van der Waals surface area contributed by atoms with Crippen molar-refractivity contribution in [3.63, 3.8) is 0 Å². The fourth-order valence-electron chi connectivity index (χ4n) is 3.48. The first-order valence-corrected chi connectivity index (χ1v) is 10.3. The second kappa shape index (κ2) is 8.01. The van der Waals surface area contributed by atoms with Gasteiger partial charge < -0.3 is 4.90 Å². The number of aryl methyl sites for hydroxylation is 1. The standard InChI is InChI=1S/C22H23N3OS/c1-17-9-5-6-12-19(17)25-20(18-10-3-2-4-11-18)15-23-22(25)27-16-21(26)24-13-7-8-14-24/h2-6,9-12,15H,7-8,13-14,16H2,1H3. The fourth-order valence-corrected chi connectivity index (χ4v) is 4.37. The molecule has 0 aliphatic carbocycles. The van der Waals surface area contributed by atoms with Crippen LogP contribution >= 0.6 is 11.8 Å². The Bertz CT molecular complexity index is 930. The van der Waals surface area contributed by atoms with Gasteiger partial charge in [-0.15, -0.1) is 0 Å². The molecule has 1 aromatic heterocycles. The normalized spacial score (nSPS) is 13.9. The van der Waals surface area contributed by atoms with Gasteiger partial charge in [-0.25, -0.2) is 4.98 Å². The van der Waals surface area contributed by atoms with Crippen LogP contribution in [-0.2, 0) is 4.79 Å². The summed E-state index contributed by atoms with van der Waals surface area (Å²) >= 11 is 1.52. The van der Waals surface area contributed by atoms with E-state index in [4.69, 9.17) is 0 Å². The molecule has 1 saturated heterocycles. The molecule has 0 saturated carbocycles. The molecule has 1 aliphatic heterocycles. The molecule has 0 spiro atoms. The minimum atomic E-state index is 0.207. The highest BCUT2D eigenvalue weighted by Gasteiger charge is 2.20. The first-order valence-electron chi connectivity index (χ1n) is 9.34. The van der Waals surface area contributed by atoms with Crippen LogP contribution in [-0.4, -0.2) is 39.2 Å². The summed E-state index contributed by atoms with van der Waals surface area (Å²) in [5.41, 5.74) is 4.44. The molecule has 0 unspecified atom stereocenters. The number of imidazole rings is 1. The summed E-state index contributed by atoms with van der Waals surface area (Å²) in [6, 6.07) is 18.6. The Morgan fingerprint density at radius 1 is 1.04 bits per heavy atom. The second-order valence-electron chi connectivity index (χ2n) is 6.79. The molecule has 4 nitrogen and oxygen atoms in total. The number of benzene rings is 2. The third-order valence-corrected chi connectivity index (χ3v) is 5.88. The number of nitrogens with zero attached hydrogens (tertiary/aromatic N) is 3. The third-order valence-electron chi connectivity index (χ3n) is 4.94. The van der Waals surface area contributed by atoms with Crippen molar-refractivity contribution < 1.29 is 4.79 Å². The van der Waals surface area contributed by atoms with E-state index in [1.807, 2.05) is 41.4 Å². The molecule has 1 amide bonds. The maximum absolute atomic E-state index is 12.5. The maximum atomic E-state index is 12.5. The van der Waals surface area contributed by atoms with Gasteiger partial charge in [-0.1, -0.05) is 60.3 Å². The van der Waals surface area contributed by atoms with Crippen LogP contribution in [0, 0.1) is 6.92 Å². The van der Waals surface area contributed by atoms with E-state index < -0.39 is 0 Å². The summed E-state index contributed by atoms with van der Waals surface area (Å²) in [6.07, 6.45) is 4.14. The molecule has 0 bridgehead atoms. The number of rotatable bonds is 5. The van der Waals surface area contributed by atoms with Crippen molar-refractivity contribution in [2.75, 3.05) is 18.8 Å². The van der Waals surface area contributed by atoms with Crippen LogP contribution in [0.1, 0.15) is 18.4 Å². The van der Waals surface area contributed by atoms with E-state index in [9.17, 15) is 4.79 Å². The van der Waals surface area contributed by atoms with Gasteiger partial charge in [0.15, 0.2) is 5.16 Å². The largest absolute Gasteiger partial charge is 0.342 e. The number of thioether (sulfide) groups is 1. The van der Waals surface area contributed by atoms with Crippen LogP contribution in [0.3, 0.4) is 0 Å². The summed E-state index contributed by atoms with van der Waals surface area (Å²) in [6.45, 7) is 3.88. The molecule has 27 heavy (non-hydrogen) atoms. The minimum absolute atomic E-state index is 0.207. The van der Waals surface area contributed by atoms with Crippen LogP contribution in [0.4, 0.5) is 0 Å². The molecule has 5 heteroatoms. The molecule has 0 N–H and O–H groups in total. The van der Waals surface area contributed by atoms with E-state index >= 15 is 0 Å². The van der Waals surface area contributed by atoms with Crippen LogP contribution in [0.15, 0.2) is 66.0 Å². The summed E-state index contributed by atoms with van der Waals surface area (Å²) in [5, 5.41) is 0.857. The Morgan fingerprint density at radius 2 is 1.74 bits per heavy atom. The molecule has 138 valence electrons. The molecule has 0 radical (unpaired) electrons. The SMILES string of the molecule is Cc1ccccc1-n1c(-c2ccccc2)cnc1SCC(=O)N1CCCC1. The molecule has 4 rings (SSSR count). The lowest BCUT2D eigenvalue weighted by Crippen LogP contribution is -2.29. The monoisotopic (exact) mass is 377 g/mol. The zero-order valence-electron chi connectivity index (χ0n) is 15.5. The smallest absolute Gasteiger partial charge is 0.233 e. The van der Waals surface area contributed by atoms with Crippen molar-refractivity contribution in [3.8, 4) is 16.9 Å². The lowest BCUT2D eigenvalue weighted by atomic mass is 10.1. The van der Waals surface area contributed by atoms with Gasteiger partial charge in [0.05, 0.1) is 23.3 Å². The number of aromatic nitrogens is 2. The minimum Gasteiger partial charge on any atom is -0.342 e. The quantitative estimate of drug-likeness (QED) is 0.612. The lowest BCUT2D eigenvalue weighted by molar-refractivity contribution is -0.127. The van der Waals surface area contributed by atoms with Gasteiger partial charge >= 0.3 is 0 Å². The lowest BCUT2D eigenvalue weighted by Gasteiger charge is -2.16. The predicted octanol–water partition coefficient (Wildman–Crippen LogP) is 4.56. The van der Waals surface area contributed by atoms with Crippen molar-refractivity contribution >= 4 is 17.7 Å². The van der Waals surface area contributed by atoms with Crippen LogP contribution in [0.25, 0.3) is 16.9 Å². The van der Waals surface area contributed by atoms with Crippen molar-refractivity contribution in [3.05, 3.63) is 66.4 Å². The molecule has 2 heterocycles. The van der Waals surface area contributed by atoms with Gasteiger partial charge in [0.25, 0.3) is 0 Å². The van der Waals surface area contributed by atoms with E-state index in [0.29, 0.717) is 5.75 Å². The highest BCUT2D eigenvalue weighted by Crippen LogP contribution is 2.31. The number of hydrogen-bond donors (Lipinski definition) is 0. The Balaban J connectivity index is 1.68. The molecule has 3 aromatic rings. The van der Waals surface area contributed by atoms with Crippen molar-refractivity contribution in [1.29, 1.82) is 0 Å². The van der Waals surface area contributed by atoms with E-state index in [1.54, 1.807) is 0 Å². The first-order chi connectivity index (χ1) is 13.2. The van der Waals surface area contributed by atoms with Gasteiger partial charge in [0.1, 0.15) is 0 Å². The van der Waals surface area contributed by atoms with Crippen molar-refractivity contribution in [2.24, 2.45) is 0 Å². The van der Waals surface area contributed by atoms with E-state index in [0.717, 1.165) is 48.0 Å². The number of para-hydroxylation sites is 1. The first kappa shape index (κ1) is 17.9. The number of amides is 1. The number of carbonyl (C=O) groups excluding carboxylic acids is 1. The highest BCUT2D eigenvalue weighted by atomic mass is 32.2. The van der Waals surface area contributed by atoms with E-state index in [-0.39, 0.29) is 5.91 Å². The average Bonchev–Trinajstić information content (AvgIpc) is 3.37. The van der Waals surface area contributed by atoms with Gasteiger partial charge in [-0.3, -0.25) is 9.36 Å². The molecule has 0 atom stereocenters. The summed E-state index contributed by atoms with van der Waals surface area (Å²) in [7, 11) is 0. The Morgan fingerprint density at radius 3 is 2.48 bits per heavy atom. The van der Waals surface area contributed by atoms with Gasteiger partial charge in [-0.05, 0) is 31.4 Å². The average molecular weight is 378 g/mol. The number of likely N-dealkylation sites (tertiary alicyclic amines) is 1.